The molecule has 0 heterocycles. The van der Waals surface area contributed by atoms with Gasteiger partial charge in [-0.15, -0.1) is 0 Å². The van der Waals surface area contributed by atoms with E-state index in [0.717, 1.165) is 57.8 Å². The third kappa shape index (κ3) is 7.89. The van der Waals surface area contributed by atoms with Gasteiger partial charge < -0.3 is 5.11 Å². The Balaban J connectivity index is 1.60. The van der Waals surface area contributed by atoms with Gasteiger partial charge in [0.2, 0.25) is 0 Å². The predicted octanol–water partition coefficient (Wildman–Crippen LogP) is 7.15. The smallest absolute Gasteiger partial charge is 0.309 e. The molecule has 0 amide bonds. The maximum Gasteiger partial charge on any atom is 0.309 e. The van der Waals surface area contributed by atoms with Crippen molar-refractivity contribution in [3.05, 3.63) is 35.4 Å². The Kier molecular flexibility index (Phi) is 9.58. The zero-order chi connectivity index (χ0) is 22.0. The fraction of sp³-hybridized carbons (Fsp3) is 0.704. The van der Waals surface area contributed by atoms with Crippen LogP contribution in [0.5, 0.6) is 0 Å². The second-order valence-corrected chi connectivity index (χ2v) is 10.1. The Morgan fingerprint density at radius 3 is 1.83 bits per heavy atom. The van der Waals surface area contributed by atoms with Crippen LogP contribution in [0, 0.1) is 10.8 Å². The molecule has 1 fully saturated rings. The summed E-state index contributed by atoms with van der Waals surface area (Å²) < 4.78 is 0. The Bertz CT molecular complexity index is 638. The largest absolute Gasteiger partial charge is 0.481 e. The second kappa shape index (κ2) is 11.7. The molecule has 0 radical (unpaired) electrons. The summed E-state index contributed by atoms with van der Waals surface area (Å²) >= 11 is 0. The van der Waals surface area contributed by atoms with Crippen LogP contribution in [-0.2, 0) is 22.4 Å². The summed E-state index contributed by atoms with van der Waals surface area (Å²) in [5.41, 5.74) is 2.46. The van der Waals surface area contributed by atoms with Gasteiger partial charge in [-0.05, 0) is 69.4 Å². The van der Waals surface area contributed by atoms with Crippen molar-refractivity contribution in [2.75, 3.05) is 0 Å². The number of aliphatic carboxylic acids is 1. The number of unbranched alkanes of at least 4 members (excludes halogenated alkanes) is 6. The van der Waals surface area contributed by atoms with Gasteiger partial charge in [0.1, 0.15) is 5.78 Å². The quantitative estimate of drug-likeness (QED) is 0.292. The fourth-order valence-electron chi connectivity index (χ4n) is 4.31. The molecule has 1 aliphatic carbocycles. The first-order valence-corrected chi connectivity index (χ1v) is 12.1. The van der Waals surface area contributed by atoms with Crippen molar-refractivity contribution in [3.63, 3.8) is 0 Å². The third-order valence-corrected chi connectivity index (χ3v) is 7.23. The summed E-state index contributed by atoms with van der Waals surface area (Å²) in [5, 5.41) is 9.25. The second-order valence-electron chi connectivity index (χ2n) is 10.1. The first kappa shape index (κ1) is 24.6. The molecule has 1 saturated carbocycles. The molecule has 1 aromatic carbocycles. The predicted molar refractivity (Wildman–Crippen MR) is 124 cm³/mol. The Morgan fingerprint density at radius 1 is 0.867 bits per heavy atom. The van der Waals surface area contributed by atoms with E-state index in [0.29, 0.717) is 5.78 Å². The molecule has 0 unspecified atom stereocenters. The standard InChI is InChI=1S/C27H42O3/c1-22(28)26(2,3)18-12-6-4-8-14-23-16-10-11-17-24(23)15-9-5-7-13-19-27(20-21-27)25(29)30/h10-11,16-17H,4-9,12-15,18-21H2,1-3H3,(H,29,30). The van der Waals surface area contributed by atoms with E-state index in [9.17, 15) is 14.7 Å². The van der Waals surface area contributed by atoms with Crippen LogP contribution in [0.25, 0.3) is 0 Å². The number of carbonyl (C=O) groups excluding carboxylic acids is 1. The van der Waals surface area contributed by atoms with Crippen LogP contribution in [0.3, 0.4) is 0 Å². The van der Waals surface area contributed by atoms with Crippen LogP contribution >= 0.6 is 0 Å². The van der Waals surface area contributed by atoms with E-state index in [2.05, 4.69) is 38.1 Å². The molecule has 2 rings (SSSR count). The highest BCUT2D eigenvalue weighted by atomic mass is 16.4. The van der Waals surface area contributed by atoms with E-state index < -0.39 is 5.97 Å². The minimum Gasteiger partial charge on any atom is -0.481 e. The third-order valence-electron chi connectivity index (χ3n) is 7.23. The molecular weight excluding hydrogens is 372 g/mol. The van der Waals surface area contributed by atoms with Crippen LogP contribution in [0.1, 0.15) is 109 Å². The molecule has 0 spiro atoms. The monoisotopic (exact) mass is 414 g/mol. The molecule has 0 aliphatic heterocycles. The van der Waals surface area contributed by atoms with Gasteiger partial charge in [0.15, 0.2) is 0 Å². The Morgan fingerprint density at radius 2 is 1.37 bits per heavy atom. The van der Waals surface area contributed by atoms with Gasteiger partial charge in [-0.25, -0.2) is 0 Å². The van der Waals surface area contributed by atoms with E-state index in [1.807, 2.05) is 0 Å². The lowest BCUT2D eigenvalue weighted by Gasteiger charge is -2.20. The molecule has 168 valence electrons. The molecule has 1 aliphatic rings. The molecule has 1 aromatic rings. The highest BCUT2D eigenvalue weighted by Crippen LogP contribution is 2.50. The number of rotatable bonds is 16. The molecule has 3 heteroatoms. The summed E-state index contributed by atoms with van der Waals surface area (Å²) in [6.07, 6.45) is 15.3. The van der Waals surface area contributed by atoms with Gasteiger partial charge in [-0.2, -0.15) is 0 Å². The molecule has 0 bridgehead atoms. The lowest BCUT2D eigenvalue weighted by molar-refractivity contribution is -0.143. The number of aryl methyl sites for hydroxylation is 2. The van der Waals surface area contributed by atoms with Crippen molar-refractivity contribution in [1.82, 2.24) is 0 Å². The SMILES string of the molecule is CC(=O)C(C)(C)CCCCCCc1ccccc1CCCCCCC1(C(=O)O)CC1. The van der Waals surface area contributed by atoms with E-state index in [4.69, 9.17) is 0 Å². The van der Waals surface area contributed by atoms with Crippen LogP contribution < -0.4 is 0 Å². The molecular formula is C27H42O3. The molecule has 3 nitrogen and oxygen atoms in total. The van der Waals surface area contributed by atoms with E-state index in [1.165, 1.54) is 43.2 Å². The lowest BCUT2D eigenvalue weighted by atomic mass is 9.83. The number of benzene rings is 1. The summed E-state index contributed by atoms with van der Waals surface area (Å²) in [6.45, 7) is 5.82. The number of ketones is 1. The minimum atomic E-state index is -0.584. The van der Waals surface area contributed by atoms with Gasteiger partial charge >= 0.3 is 5.97 Å². The van der Waals surface area contributed by atoms with Gasteiger partial charge in [-0.3, -0.25) is 9.59 Å². The number of carbonyl (C=O) groups is 2. The number of Topliss-reactive ketones (excluding diaryl/α,β-unsaturated/α-hetero) is 1. The van der Waals surface area contributed by atoms with Crippen LogP contribution in [0.2, 0.25) is 0 Å². The highest BCUT2D eigenvalue weighted by Gasteiger charge is 2.49. The molecule has 1 N–H and O–H groups in total. The summed E-state index contributed by atoms with van der Waals surface area (Å²) in [6, 6.07) is 8.84. The van der Waals surface area contributed by atoms with E-state index in [1.54, 1.807) is 6.92 Å². The number of carboxylic acids is 1. The van der Waals surface area contributed by atoms with Gasteiger partial charge in [0.05, 0.1) is 5.41 Å². The van der Waals surface area contributed by atoms with Crippen molar-refractivity contribution in [1.29, 1.82) is 0 Å². The maximum atomic E-state index is 11.6. The molecule has 0 atom stereocenters. The number of hydrogen-bond acceptors (Lipinski definition) is 2. The van der Waals surface area contributed by atoms with Crippen molar-refractivity contribution >= 4 is 11.8 Å². The molecule has 0 saturated heterocycles. The number of carboxylic acid groups (broad SMARTS) is 1. The summed E-state index contributed by atoms with van der Waals surface area (Å²) in [4.78, 5) is 22.8. The average molecular weight is 415 g/mol. The van der Waals surface area contributed by atoms with Crippen molar-refractivity contribution in [3.8, 4) is 0 Å². The number of hydrogen-bond donors (Lipinski definition) is 1. The van der Waals surface area contributed by atoms with Gasteiger partial charge in [0, 0.05) is 5.41 Å². The van der Waals surface area contributed by atoms with Crippen LogP contribution in [-0.4, -0.2) is 16.9 Å². The van der Waals surface area contributed by atoms with Gasteiger partial charge in [-0.1, -0.05) is 76.6 Å². The zero-order valence-electron chi connectivity index (χ0n) is 19.5. The van der Waals surface area contributed by atoms with Gasteiger partial charge in [0.25, 0.3) is 0 Å². The van der Waals surface area contributed by atoms with Crippen LogP contribution in [0.15, 0.2) is 24.3 Å². The fourth-order valence-corrected chi connectivity index (χ4v) is 4.31. The van der Waals surface area contributed by atoms with E-state index >= 15 is 0 Å². The Labute approximate surface area is 183 Å². The normalized spacial score (nSPS) is 15.2. The topological polar surface area (TPSA) is 54.4 Å². The molecule has 30 heavy (non-hydrogen) atoms. The first-order valence-electron chi connectivity index (χ1n) is 12.1. The maximum absolute atomic E-state index is 11.6. The van der Waals surface area contributed by atoms with E-state index in [-0.39, 0.29) is 10.8 Å². The van der Waals surface area contributed by atoms with Crippen molar-refractivity contribution < 1.29 is 14.7 Å². The highest BCUT2D eigenvalue weighted by molar-refractivity contribution is 5.81. The average Bonchev–Trinajstić information content (AvgIpc) is 3.49. The summed E-state index contributed by atoms with van der Waals surface area (Å²) in [5.74, 6) is -0.288. The van der Waals surface area contributed by atoms with Crippen molar-refractivity contribution in [2.45, 2.75) is 111 Å². The Hall–Kier alpha value is -1.64. The lowest BCUT2D eigenvalue weighted by Crippen LogP contribution is -2.20. The molecule has 0 aromatic heterocycles. The van der Waals surface area contributed by atoms with Crippen LogP contribution in [0.4, 0.5) is 0 Å². The van der Waals surface area contributed by atoms with Crippen molar-refractivity contribution in [2.24, 2.45) is 10.8 Å². The zero-order valence-corrected chi connectivity index (χ0v) is 19.5. The minimum absolute atomic E-state index is 0.167. The first-order chi connectivity index (χ1) is 14.3. The summed E-state index contributed by atoms with van der Waals surface area (Å²) in [7, 11) is 0.